The van der Waals surface area contributed by atoms with Crippen LogP contribution in [0.2, 0.25) is 0 Å². The molecule has 0 bridgehead atoms. The van der Waals surface area contributed by atoms with Crippen molar-refractivity contribution >= 4 is 11.6 Å². The molecule has 0 saturated carbocycles. The molecule has 0 radical (unpaired) electrons. The van der Waals surface area contributed by atoms with Crippen LogP contribution in [-0.4, -0.2) is 12.0 Å². The molecule has 0 spiro atoms. The number of para-hydroxylation sites is 1. The number of hydrogen-bond acceptors (Lipinski definition) is 3. The van der Waals surface area contributed by atoms with Gasteiger partial charge < -0.3 is 15.8 Å². The maximum atomic E-state index is 12.3. The van der Waals surface area contributed by atoms with E-state index in [1.807, 2.05) is 50.2 Å². The first-order valence-corrected chi connectivity index (χ1v) is 6.96. The molecule has 110 valence electrons. The molecule has 21 heavy (non-hydrogen) atoms. The van der Waals surface area contributed by atoms with Crippen molar-refractivity contribution in [3.05, 3.63) is 59.7 Å². The lowest BCUT2D eigenvalue weighted by Gasteiger charge is -2.12. The van der Waals surface area contributed by atoms with Crippen LogP contribution < -0.4 is 15.8 Å². The summed E-state index contributed by atoms with van der Waals surface area (Å²) < 4.78 is 5.60. The number of carbonyl (C=O) groups is 1. The Labute approximate surface area is 124 Å². The van der Waals surface area contributed by atoms with Gasteiger partial charge in [-0.2, -0.15) is 0 Å². The Kier molecular flexibility index (Phi) is 4.95. The monoisotopic (exact) mass is 284 g/mol. The number of anilines is 1. The number of amides is 1. The molecule has 0 saturated heterocycles. The SMILES string of the molecule is CC(C)Oc1cccc(C(=O)Nc2ccccc2CN)c1. The molecule has 4 nitrogen and oxygen atoms in total. The Morgan fingerprint density at radius 1 is 1.19 bits per heavy atom. The zero-order chi connectivity index (χ0) is 15.2. The quantitative estimate of drug-likeness (QED) is 0.886. The average Bonchev–Trinajstić information content (AvgIpc) is 2.47. The molecule has 0 aliphatic carbocycles. The van der Waals surface area contributed by atoms with E-state index >= 15 is 0 Å². The highest BCUT2D eigenvalue weighted by molar-refractivity contribution is 6.04. The van der Waals surface area contributed by atoms with Crippen LogP contribution in [0.4, 0.5) is 5.69 Å². The first-order valence-electron chi connectivity index (χ1n) is 6.96. The largest absolute Gasteiger partial charge is 0.491 e. The minimum Gasteiger partial charge on any atom is -0.491 e. The van der Waals surface area contributed by atoms with E-state index in [0.29, 0.717) is 17.9 Å². The topological polar surface area (TPSA) is 64.3 Å². The molecule has 0 heterocycles. The molecule has 0 aliphatic rings. The van der Waals surface area contributed by atoms with E-state index in [2.05, 4.69) is 5.32 Å². The fraction of sp³-hybridized carbons (Fsp3) is 0.235. The number of nitrogens with two attached hydrogens (primary N) is 1. The summed E-state index contributed by atoms with van der Waals surface area (Å²) in [6.45, 7) is 4.28. The van der Waals surface area contributed by atoms with Crippen LogP contribution in [0, 0.1) is 0 Å². The van der Waals surface area contributed by atoms with Crippen LogP contribution in [-0.2, 0) is 6.54 Å². The Bertz CT molecular complexity index is 624. The number of rotatable bonds is 5. The Morgan fingerprint density at radius 2 is 1.95 bits per heavy atom. The second-order valence-corrected chi connectivity index (χ2v) is 5.01. The van der Waals surface area contributed by atoms with Crippen LogP contribution in [0.3, 0.4) is 0 Å². The predicted molar refractivity (Wildman–Crippen MR) is 84.5 cm³/mol. The Hall–Kier alpha value is -2.33. The maximum absolute atomic E-state index is 12.3. The van der Waals surface area contributed by atoms with Gasteiger partial charge in [0, 0.05) is 17.8 Å². The third-order valence-electron chi connectivity index (χ3n) is 2.95. The van der Waals surface area contributed by atoms with Crippen molar-refractivity contribution in [2.45, 2.75) is 26.5 Å². The number of nitrogens with one attached hydrogen (secondary N) is 1. The van der Waals surface area contributed by atoms with Crippen molar-refractivity contribution in [1.82, 2.24) is 0 Å². The van der Waals surface area contributed by atoms with Crippen LogP contribution in [0.25, 0.3) is 0 Å². The molecule has 2 aromatic carbocycles. The van der Waals surface area contributed by atoms with E-state index in [0.717, 1.165) is 11.3 Å². The average molecular weight is 284 g/mol. The second kappa shape index (κ2) is 6.90. The molecular weight excluding hydrogens is 264 g/mol. The molecule has 0 unspecified atom stereocenters. The molecule has 2 aromatic rings. The fourth-order valence-corrected chi connectivity index (χ4v) is 2.00. The molecule has 1 amide bonds. The summed E-state index contributed by atoms with van der Waals surface area (Å²) in [6, 6.07) is 14.6. The number of benzene rings is 2. The lowest BCUT2D eigenvalue weighted by atomic mass is 10.1. The number of carbonyl (C=O) groups excluding carboxylic acids is 1. The van der Waals surface area contributed by atoms with Crippen LogP contribution in [0.5, 0.6) is 5.75 Å². The highest BCUT2D eigenvalue weighted by atomic mass is 16.5. The maximum Gasteiger partial charge on any atom is 0.255 e. The van der Waals surface area contributed by atoms with Crippen molar-refractivity contribution in [3.8, 4) is 5.75 Å². The van der Waals surface area contributed by atoms with Gasteiger partial charge in [0.2, 0.25) is 0 Å². The van der Waals surface area contributed by atoms with Gasteiger partial charge in [-0.15, -0.1) is 0 Å². The lowest BCUT2D eigenvalue weighted by Crippen LogP contribution is -2.14. The summed E-state index contributed by atoms with van der Waals surface area (Å²) in [5, 5.41) is 2.88. The minimum absolute atomic E-state index is 0.0706. The molecule has 0 aliphatic heterocycles. The summed E-state index contributed by atoms with van der Waals surface area (Å²) in [6.07, 6.45) is 0.0706. The summed E-state index contributed by atoms with van der Waals surface area (Å²) in [7, 11) is 0. The van der Waals surface area contributed by atoms with Gasteiger partial charge in [0.15, 0.2) is 0 Å². The van der Waals surface area contributed by atoms with Gasteiger partial charge in [-0.05, 0) is 43.7 Å². The van der Waals surface area contributed by atoms with Crippen molar-refractivity contribution in [1.29, 1.82) is 0 Å². The van der Waals surface area contributed by atoms with Gasteiger partial charge >= 0.3 is 0 Å². The van der Waals surface area contributed by atoms with E-state index in [9.17, 15) is 4.79 Å². The Morgan fingerprint density at radius 3 is 2.67 bits per heavy atom. The third kappa shape index (κ3) is 4.07. The standard InChI is InChI=1S/C17H20N2O2/c1-12(2)21-15-8-5-7-13(10-15)17(20)19-16-9-4-3-6-14(16)11-18/h3-10,12H,11,18H2,1-2H3,(H,19,20). The van der Waals surface area contributed by atoms with Crippen molar-refractivity contribution in [2.75, 3.05) is 5.32 Å². The molecule has 0 atom stereocenters. The van der Waals surface area contributed by atoms with Crippen LogP contribution in [0.15, 0.2) is 48.5 Å². The number of hydrogen-bond donors (Lipinski definition) is 2. The highest BCUT2D eigenvalue weighted by Gasteiger charge is 2.09. The molecule has 2 rings (SSSR count). The molecule has 3 N–H and O–H groups in total. The zero-order valence-corrected chi connectivity index (χ0v) is 12.3. The predicted octanol–water partition coefficient (Wildman–Crippen LogP) is 3.18. The summed E-state index contributed by atoms with van der Waals surface area (Å²) in [5.74, 6) is 0.509. The second-order valence-electron chi connectivity index (χ2n) is 5.01. The minimum atomic E-state index is -0.176. The third-order valence-corrected chi connectivity index (χ3v) is 2.95. The highest BCUT2D eigenvalue weighted by Crippen LogP contribution is 2.18. The molecule has 0 fully saturated rings. The van der Waals surface area contributed by atoms with E-state index in [-0.39, 0.29) is 12.0 Å². The van der Waals surface area contributed by atoms with E-state index in [1.54, 1.807) is 12.1 Å². The first kappa shape index (κ1) is 15.1. The zero-order valence-electron chi connectivity index (χ0n) is 12.3. The van der Waals surface area contributed by atoms with Crippen molar-refractivity contribution in [3.63, 3.8) is 0 Å². The molecular formula is C17H20N2O2. The first-order chi connectivity index (χ1) is 10.1. The van der Waals surface area contributed by atoms with Crippen molar-refractivity contribution < 1.29 is 9.53 Å². The smallest absolute Gasteiger partial charge is 0.255 e. The number of ether oxygens (including phenoxy) is 1. The van der Waals surface area contributed by atoms with Gasteiger partial charge in [-0.1, -0.05) is 24.3 Å². The molecule has 4 heteroatoms. The van der Waals surface area contributed by atoms with Gasteiger partial charge in [-0.25, -0.2) is 0 Å². The van der Waals surface area contributed by atoms with Gasteiger partial charge in [0.25, 0.3) is 5.91 Å². The lowest BCUT2D eigenvalue weighted by molar-refractivity contribution is 0.102. The summed E-state index contributed by atoms with van der Waals surface area (Å²) >= 11 is 0. The summed E-state index contributed by atoms with van der Waals surface area (Å²) in [5.41, 5.74) is 7.87. The van der Waals surface area contributed by atoms with Gasteiger partial charge in [0.05, 0.1) is 6.10 Å². The van der Waals surface area contributed by atoms with Crippen LogP contribution >= 0.6 is 0 Å². The van der Waals surface area contributed by atoms with Gasteiger partial charge in [0.1, 0.15) is 5.75 Å². The van der Waals surface area contributed by atoms with Crippen molar-refractivity contribution in [2.24, 2.45) is 5.73 Å². The van der Waals surface area contributed by atoms with Crippen LogP contribution in [0.1, 0.15) is 29.8 Å². The Balaban J connectivity index is 2.16. The fourth-order valence-electron chi connectivity index (χ4n) is 2.00. The molecule has 0 aromatic heterocycles. The van der Waals surface area contributed by atoms with E-state index < -0.39 is 0 Å². The van der Waals surface area contributed by atoms with E-state index in [1.165, 1.54) is 0 Å². The normalized spacial score (nSPS) is 10.5. The van der Waals surface area contributed by atoms with E-state index in [4.69, 9.17) is 10.5 Å². The van der Waals surface area contributed by atoms with Gasteiger partial charge in [-0.3, -0.25) is 4.79 Å². The summed E-state index contributed by atoms with van der Waals surface area (Å²) in [4.78, 5) is 12.3.